The molecular weight excluding hydrogens is 338 g/mol. The first-order chi connectivity index (χ1) is 12.3. The van der Waals surface area contributed by atoms with Crippen LogP contribution in [0.2, 0.25) is 0 Å². The van der Waals surface area contributed by atoms with Crippen molar-refractivity contribution in [2.24, 2.45) is 17.6 Å². The summed E-state index contributed by atoms with van der Waals surface area (Å²) in [6.45, 7) is 0. The number of fused-ring (bicyclic) bond motifs is 3. The lowest BCUT2D eigenvalue weighted by Crippen LogP contribution is -2.58. The third-order valence-electron chi connectivity index (χ3n) is 5.71. The minimum atomic E-state index is -2.43. The summed E-state index contributed by atoms with van der Waals surface area (Å²) in [5.41, 5.74) is 3.36. The molecule has 1 fully saturated rings. The van der Waals surface area contributed by atoms with Gasteiger partial charge in [-0.25, -0.2) is 0 Å². The number of aliphatic hydroxyl groups excluding tert-OH is 2. The molecule has 4 rings (SSSR count). The van der Waals surface area contributed by atoms with Crippen LogP contribution in [0.1, 0.15) is 24.0 Å². The summed E-state index contributed by atoms with van der Waals surface area (Å²) < 4.78 is 0. The van der Waals surface area contributed by atoms with E-state index in [0.717, 1.165) is 5.56 Å². The number of carbonyl (C=O) groups is 3. The van der Waals surface area contributed by atoms with Gasteiger partial charge in [0.25, 0.3) is 5.91 Å². The van der Waals surface area contributed by atoms with Gasteiger partial charge in [0.1, 0.15) is 17.1 Å². The molecule has 7 heteroatoms. The van der Waals surface area contributed by atoms with Gasteiger partial charge in [-0.3, -0.25) is 14.4 Å². The summed E-state index contributed by atoms with van der Waals surface area (Å²) in [5.74, 6) is -5.26. The second kappa shape index (κ2) is 5.28. The number of Topliss-reactive ketones (excluding diaryl/α,β-unsaturated/α-hetero) is 2. The fourth-order valence-corrected chi connectivity index (χ4v) is 4.47. The summed E-state index contributed by atoms with van der Waals surface area (Å²) in [6.07, 6.45) is 0.434. The number of hydrogen-bond acceptors (Lipinski definition) is 6. The number of aliphatic hydroxyl groups is 3. The second-order valence-corrected chi connectivity index (χ2v) is 7.06. The van der Waals surface area contributed by atoms with Crippen molar-refractivity contribution in [3.63, 3.8) is 0 Å². The van der Waals surface area contributed by atoms with Gasteiger partial charge in [-0.05, 0) is 24.3 Å². The number of benzene rings is 1. The molecule has 134 valence electrons. The Balaban J connectivity index is 1.92. The Bertz CT molecular complexity index is 943. The lowest BCUT2D eigenvalue weighted by atomic mass is 9.59. The van der Waals surface area contributed by atoms with Gasteiger partial charge in [0.05, 0.1) is 0 Å². The zero-order valence-electron chi connectivity index (χ0n) is 13.7. The number of hydrogen-bond donors (Lipinski definition) is 4. The Kier molecular flexibility index (Phi) is 3.36. The quantitative estimate of drug-likeness (QED) is 0.548. The van der Waals surface area contributed by atoms with Crippen molar-refractivity contribution in [1.29, 1.82) is 0 Å². The highest BCUT2D eigenvalue weighted by Gasteiger charge is 2.60. The molecule has 26 heavy (non-hydrogen) atoms. The molecule has 0 heterocycles. The Morgan fingerprint density at radius 3 is 2.54 bits per heavy atom. The highest BCUT2D eigenvalue weighted by molar-refractivity contribution is 6.22. The van der Waals surface area contributed by atoms with E-state index in [1.54, 1.807) is 12.1 Å². The van der Waals surface area contributed by atoms with Gasteiger partial charge >= 0.3 is 0 Å². The van der Waals surface area contributed by atoms with Crippen molar-refractivity contribution in [2.45, 2.75) is 24.9 Å². The molecule has 3 aliphatic rings. The van der Waals surface area contributed by atoms with Crippen LogP contribution >= 0.6 is 0 Å². The number of primary amides is 1. The SMILES string of the molecule is NC(=O)C1=C(O)[C@@]2(O)C(=O)C3=C(O)c4ccccc4C[C@H]3CC2CC1=O. The zero-order chi connectivity index (χ0) is 18.8. The first kappa shape index (κ1) is 16.5. The Morgan fingerprint density at radius 1 is 1.15 bits per heavy atom. The molecule has 0 radical (unpaired) electrons. The molecule has 1 unspecified atom stereocenters. The normalized spacial score (nSPS) is 30.7. The van der Waals surface area contributed by atoms with Crippen LogP contribution in [0.3, 0.4) is 0 Å². The second-order valence-electron chi connectivity index (χ2n) is 7.06. The molecule has 1 amide bonds. The standard InChI is InChI=1S/C19H17NO6/c20-18(25)14-12(21)7-10-6-9-5-8-3-1-2-4-11(8)15(22)13(9)16(23)19(10,26)17(14)24/h1-4,9-10,22,24,26H,5-7H2,(H2,20,25)/t9-,10?,19-/m0/s1. The van der Waals surface area contributed by atoms with Crippen molar-refractivity contribution in [2.75, 3.05) is 0 Å². The average Bonchev–Trinajstić information content (AvgIpc) is 2.58. The van der Waals surface area contributed by atoms with Crippen LogP contribution in [0.5, 0.6) is 0 Å². The topological polar surface area (TPSA) is 138 Å². The van der Waals surface area contributed by atoms with Gasteiger partial charge < -0.3 is 21.1 Å². The molecule has 1 saturated carbocycles. The number of carbonyl (C=O) groups excluding carboxylic acids is 3. The van der Waals surface area contributed by atoms with E-state index >= 15 is 0 Å². The Hall–Kier alpha value is -2.93. The highest BCUT2D eigenvalue weighted by Crippen LogP contribution is 2.50. The van der Waals surface area contributed by atoms with Crippen molar-refractivity contribution in [3.05, 3.63) is 52.3 Å². The van der Waals surface area contributed by atoms with Gasteiger partial charge in [-0.1, -0.05) is 24.3 Å². The van der Waals surface area contributed by atoms with E-state index in [-0.39, 0.29) is 30.1 Å². The number of nitrogens with two attached hydrogens (primary N) is 1. The first-order valence-electron chi connectivity index (χ1n) is 8.32. The maximum atomic E-state index is 13.1. The van der Waals surface area contributed by atoms with Crippen LogP contribution < -0.4 is 5.73 Å². The number of rotatable bonds is 1. The molecule has 0 saturated heterocycles. The first-order valence-corrected chi connectivity index (χ1v) is 8.32. The molecular formula is C19H17NO6. The third kappa shape index (κ3) is 1.94. The molecule has 5 N–H and O–H groups in total. The monoisotopic (exact) mass is 355 g/mol. The molecule has 1 aromatic carbocycles. The van der Waals surface area contributed by atoms with Crippen molar-refractivity contribution < 1.29 is 29.7 Å². The van der Waals surface area contributed by atoms with E-state index in [1.165, 1.54) is 0 Å². The van der Waals surface area contributed by atoms with Gasteiger partial charge in [0, 0.05) is 23.5 Å². The smallest absolute Gasteiger partial charge is 0.255 e. The van der Waals surface area contributed by atoms with Crippen molar-refractivity contribution in [1.82, 2.24) is 0 Å². The lowest BCUT2D eigenvalue weighted by molar-refractivity contribution is -0.147. The van der Waals surface area contributed by atoms with E-state index < -0.39 is 40.3 Å². The average molecular weight is 355 g/mol. The summed E-state index contributed by atoms with van der Waals surface area (Å²) >= 11 is 0. The summed E-state index contributed by atoms with van der Waals surface area (Å²) in [7, 11) is 0. The summed E-state index contributed by atoms with van der Waals surface area (Å²) in [4.78, 5) is 36.8. The summed E-state index contributed by atoms with van der Waals surface area (Å²) in [5, 5.41) is 32.0. The highest BCUT2D eigenvalue weighted by atomic mass is 16.3. The van der Waals surface area contributed by atoms with Gasteiger partial charge in [-0.2, -0.15) is 0 Å². The van der Waals surface area contributed by atoms with Crippen LogP contribution in [0.15, 0.2) is 41.2 Å². The molecule has 0 aliphatic heterocycles. The number of amides is 1. The largest absolute Gasteiger partial charge is 0.508 e. The zero-order valence-corrected chi connectivity index (χ0v) is 13.7. The van der Waals surface area contributed by atoms with Crippen molar-refractivity contribution in [3.8, 4) is 0 Å². The Labute approximate surface area is 148 Å². The molecule has 0 bridgehead atoms. The molecule has 1 aromatic rings. The van der Waals surface area contributed by atoms with Crippen LogP contribution in [-0.2, 0) is 20.8 Å². The van der Waals surface area contributed by atoms with E-state index in [4.69, 9.17) is 5.73 Å². The fraction of sp³-hybridized carbons (Fsp3) is 0.316. The minimum Gasteiger partial charge on any atom is -0.508 e. The van der Waals surface area contributed by atoms with Crippen LogP contribution in [0.25, 0.3) is 5.76 Å². The van der Waals surface area contributed by atoms with Gasteiger partial charge in [0.2, 0.25) is 5.78 Å². The summed E-state index contributed by atoms with van der Waals surface area (Å²) in [6, 6.07) is 7.08. The molecule has 7 nitrogen and oxygen atoms in total. The molecule has 0 spiro atoms. The van der Waals surface area contributed by atoms with E-state index in [9.17, 15) is 29.7 Å². The van der Waals surface area contributed by atoms with Crippen molar-refractivity contribution >= 4 is 23.2 Å². The van der Waals surface area contributed by atoms with Crippen LogP contribution in [-0.4, -0.2) is 38.4 Å². The molecule has 0 aromatic heterocycles. The third-order valence-corrected chi connectivity index (χ3v) is 5.71. The molecule has 3 aliphatic carbocycles. The maximum Gasteiger partial charge on any atom is 0.255 e. The predicted octanol–water partition coefficient (Wildman–Crippen LogP) is 0.718. The molecule has 3 atom stereocenters. The fourth-order valence-electron chi connectivity index (χ4n) is 4.47. The van der Waals surface area contributed by atoms with Gasteiger partial charge in [-0.15, -0.1) is 0 Å². The van der Waals surface area contributed by atoms with Crippen LogP contribution in [0, 0.1) is 11.8 Å². The van der Waals surface area contributed by atoms with E-state index in [1.807, 2.05) is 12.1 Å². The van der Waals surface area contributed by atoms with E-state index in [0.29, 0.717) is 12.0 Å². The lowest BCUT2D eigenvalue weighted by Gasteiger charge is -2.46. The van der Waals surface area contributed by atoms with Gasteiger partial charge in [0.15, 0.2) is 11.4 Å². The van der Waals surface area contributed by atoms with Crippen LogP contribution in [0.4, 0.5) is 0 Å². The maximum absolute atomic E-state index is 13.1. The Morgan fingerprint density at radius 2 is 1.85 bits per heavy atom. The predicted molar refractivity (Wildman–Crippen MR) is 89.7 cm³/mol. The van der Waals surface area contributed by atoms with E-state index in [2.05, 4.69) is 0 Å². The number of ketones is 2. The minimum absolute atomic E-state index is 0.0205.